The minimum Gasteiger partial charge on any atom is -0.488 e. The van der Waals surface area contributed by atoms with E-state index in [1.54, 1.807) is 11.7 Å². The van der Waals surface area contributed by atoms with E-state index in [2.05, 4.69) is 5.10 Å². The highest BCUT2D eigenvalue weighted by Crippen LogP contribution is 2.24. The van der Waals surface area contributed by atoms with Crippen molar-refractivity contribution in [1.29, 1.82) is 0 Å². The number of hydrogen-bond donors (Lipinski definition) is 1. The number of aryl methyl sites for hydroxylation is 3. The van der Waals surface area contributed by atoms with Gasteiger partial charge in [-0.2, -0.15) is 5.10 Å². The summed E-state index contributed by atoms with van der Waals surface area (Å²) in [6.07, 6.45) is 0. The molecular weight excluding hydrogens is 294 g/mol. The Morgan fingerprint density at radius 3 is 2.70 bits per heavy atom. The summed E-state index contributed by atoms with van der Waals surface area (Å²) in [4.78, 5) is 0.352. The highest BCUT2D eigenvalue weighted by atomic mass is 35.5. The molecule has 0 aliphatic carbocycles. The Morgan fingerprint density at radius 1 is 1.45 bits per heavy atom. The van der Waals surface area contributed by atoms with Crippen molar-refractivity contribution in [2.24, 2.45) is 12.8 Å². The number of benzene rings is 1. The standard InChI is InChI=1S/C14H16ClN3OS/c1-8-4-5-10(14(16)20)6-12(8)19-7-11-9(2)17-18(3)13(11)15/h4-6H,7H2,1-3H3,(H2,16,20). The SMILES string of the molecule is Cc1ccc(C(N)=S)cc1OCc1c(C)nn(C)c1Cl. The van der Waals surface area contributed by atoms with Crippen LogP contribution in [0.2, 0.25) is 5.15 Å². The van der Waals surface area contributed by atoms with Gasteiger partial charge < -0.3 is 10.5 Å². The van der Waals surface area contributed by atoms with Crippen LogP contribution in [-0.2, 0) is 13.7 Å². The first-order valence-electron chi connectivity index (χ1n) is 6.11. The average Bonchev–Trinajstić information content (AvgIpc) is 2.63. The van der Waals surface area contributed by atoms with Crippen LogP contribution in [0.5, 0.6) is 5.75 Å². The molecule has 0 spiro atoms. The van der Waals surface area contributed by atoms with E-state index in [1.807, 2.05) is 32.0 Å². The van der Waals surface area contributed by atoms with Gasteiger partial charge in [-0.15, -0.1) is 0 Å². The predicted molar refractivity (Wildman–Crippen MR) is 84.4 cm³/mol. The van der Waals surface area contributed by atoms with E-state index >= 15 is 0 Å². The lowest BCUT2D eigenvalue weighted by Crippen LogP contribution is -2.09. The molecule has 20 heavy (non-hydrogen) atoms. The number of aromatic nitrogens is 2. The van der Waals surface area contributed by atoms with Crippen LogP contribution in [0.1, 0.15) is 22.4 Å². The third-order valence-corrected chi connectivity index (χ3v) is 3.82. The highest BCUT2D eigenvalue weighted by Gasteiger charge is 2.12. The van der Waals surface area contributed by atoms with Crippen LogP contribution in [0.4, 0.5) is 0 Å². The molecule has 0 fully saturated rings. The fourth-order valence-corrected chi connectivity index (χ4v) is 2.25. The second kappa shape index (κ2) is 5.81. The summed E-state index contributed by atoms with van der Waals surface area (Å²) in [6, 6.07) is 5.66. The number of nitrogens with zero attached hydrogens (tertiary/aromatic N) is 2. The summed E-state index contributed by atoms with van der Waals surface area (Å²) in [7, 11) is 1.80. The van der Waals surface area contributed by atoms with Crippen molar-refractivity contribution < 1.29 is 4.74 Å². The Kier molecular flexibility index (Phi) is 4.30. The first kappa shape index (κ1) is 14.8. The lowest BCUT2D eigenvalue weighted by Gasteiger charge is -2.10. The summed E-state index contributed by atoms with van der Waals surface area (Å²) in [5.41, 5.74) is 9.18. The second-order valence-corrected chi connectivity index (χ2v) is 5.41. The maximum absolute atomic E-state index is 6.18. The molecule has 1 aromatic heterocycles. The maximum Gasteiger partial charge on any atom is 0.133 e. The Balaban J connectivity index is 2.22. The van der Waals surface area contributed by atoms with Gasteiger partial charge in [0, 0.05) is 18.2 Å². The fraction of sp³-hybridized carbons (Fsp3) is 0.286. The van der Waals surface area contributed by atoms with Crippen molar-refractivity contribution in [3.63, 3.8) is 0 Å². The Hall–Kier alpha value is -1.59. The van der Waals surface area contributed by atoms with Crippen LogP contribution in [0, 0.1) is 13.8 Å². The van der Waals surface area contributed by atoms with E-state index in [0.29, 0.717) is 16.7 Å². The zero-order valence-electron chi connectivity index (χ0n) is 11.6. The lowest BCUT2D eigenvalue weighted by molar-refractivity contribution is 0.303. The van der Waals surface area contributed by atoms with Gasteiger partial charge in [0.2, 0.25) is 0 Å². The minimum atomic E-state index is 0.352. The molecule has 2 aromatic rings. The van der Waals surface area contributed by atoms with E-state index in [-0.39, 0.29) is 0 Å². The third kappa shape index (κ3) is 2.94. The van der Waals surface area contributed by atoms with Crippen molar-refractivity contribution in [2.45, 2.75) is 20.5 Å². The topological polar surface area (TPSA) is 53.1 Å². The van der Waals surface area contributed by atoms with E-state index in [4.69, 9.17) is 34.3 Å². The molecule has 0 aliphatic rings. The van der Waals surface area contributed by atoms with E-state index in [1.165, 1.54) is 0 Å². The molecule has 0 saturated carbocycles. The number of nitrogens with two attached hydrogens (primary N) is 1. The number of hydrogen-bond acceptors (Lipinski definition) is 3. The van der Waals surface area contributed by atoms with Gasteiger partial charge >= 0.3 is 0 Å². The first-order chi connectivity index (χ1) is 9.40. The van der Waals surface area contributed by atoms with Gasteiger partial charge in [0.25, 0.3) is 0 Å². The van der Waals surface area contributed by atoms with Gasteiger partial charge in [0.1, 0.15) is 22.5 Å². The van der Waals surface area contributed by atoms with Crippen LogP contribution < -0.4 is 10.5 Å². The Morgan fingerprint density at radius 2 is 2.15 bits per heavy atom. The molecule has 106 valence electrons. The highest BCUT2D eigenvalue weighted by molar-refractivity contribution is 7.80. The summed E-state index contributed by atoms with van der Waals surface area (Å²) >= 11 is 11.2. The van der Waals surface area contributed by atoms with Gasteiger partial charge in [-0.25, -0.2) is 0 Å². The van der Waals surface area contributed by atoms with Crippen molar-refractivity contribution in [3.05, 3.63) is 45.7 Å². The first-order valence-corrected chi connectivity index (χ1v) is 6.90. The van der Waals surface area contributed by atoms with Crippen molar-refractivity contribution >= 4 is 28.8 Å². The quantitative estimate of drug-likeness (QED) is 0.882. The van der Waals surface area contributed by atoms with Crippen LogP contribution in [-0.4, -0.2) is 14.8 Å². The lowest BCUT2D eigenvalue weighted by atomic mass is 10.1. The smallest absolute Gasteiger partial charge is 0.133 e. The molecule has 1 aromatic carbocycles. The van der Waals surface area contributed by atoms with Crippen LogP contribution in [0.15, 0.2) is 18.2 Å². The summed E-state index contributed by atoms with van der Waals surface area (Å²) in [6.45, 7) is 4.24. The minimum absolute atomic E-state index is 0.352. The van der Waals surface area contributed by atoms with E-state index in [9.17, 15) is 0 Å². The summed E-state index contributed by atoms with van der Waals surface area (Å²) in [5.74, 6) is 0.745. The molecule has 6 heteroatoms. The van der Waals surface area contributed by atoms with Crippen LogP contribution in [0.25, 0.3) is 0 Å². The fourth-order valence-electron chi connectivity index (χ4n) is 1.90. The van der Waals surface area contributed by atoms with Crippen molar-refractivity contribution in [1.82, 2.24) is 9.78 Å². The molecule has 0 radical (unpaired) electrons. The molecule has 1 heterocycles. The number of halogens is 1. The summed E-state index contributed by atoms with van der Waals surface area (Å²) in [5, 5.41) is 4.84. The molecule has 0 saturated heterocycles. The second-order valence-electron chi connectivity index (χ2n) is 4.61. The third-order valence-electron chi connectivity index (χ3n) is 3.11. The number of thiocarbonyl (C=S) groups is 1. The molecule has 2 N–H and O–H groups in total. The predicted octanol–water partition coefficient (Wildman–Crippen LogP) is 2.90. The van der Waals surface area contributed by atoms with Crippen LogP contribution >= 0.6 is 23.8 Å². The van der Waals surface area contributed by atoms with E-state index in [0.717, 1.165) is 28.1 Å². The molecule has 0 bridgehead atoms. The largest absolute Gasteiger partial charge is 0.488 e. The average molecular weight is 310 g/mol. The molecule has 2 rings (SSSR count). The van der Waals surface area contributed by atoms with Crippen molar-refractivity contribution in [3.8, 4) is 5.75 Å². The van der Waals surface area contributed by atoms with Crippen LogP contribution in [0.3, 0.4) is 0 Å². The molecule has 0 amide bonds. The monoisotopic (exact) mass is 309 g/mol. The van der Waals surface area contributed by atoms with Gasteiger partial charge in [-0.3, -0.25) is 4.68 Å². The molecular formula is C14H16ClN3OS. The normalized spacial score (nSPS) is 10.6. The number of rotatable bonds is 4. The maximum atomic E-state index is 6.18. The zero-order valence-corrected chi connectivity index (χ0v) is 13.2. The summed E-state index contributed by atoms with van der Waals surface area (Å²) < 4.78 is 7.47. The Bertz CT molecular complexity index is 667. The van der Waals surface area contributed by atoms with Gasteiger partial charge in [0.05, 0.1) is 5.69 Å². The molecule has 0 atom stereocenters. The Labute approximate surface area is 128 Å². The molecule has 0 aliphatic heterocycles. The molecule has 0 unspecified atom stereocenters. The molecule has 4 nitrogen and oxygen atoms in total. The van der Waals surface area contributed by atoms with Gasteiger partial charge in [-0.1, -0.05) is 36.0 Å². The zero-order chi connectivity index (χ0) is 14.9. The van der Waals surface area contributed by atoms with E-state index < -0.39 is 0 Å². The van der Waals surface area contributed by atoms with Gasteiger partial charge in [-0.05, 0) is 25.5 Å². The number of ether oxygens (including phenoxy) is 1. The van der Waals surface area contributed by atoms with Gasteiger partial charge in [0.15, 0.2) is 0 Å². The van der Waals surface area contributed by atoms with Crippen molar-refractivity contribution in [2.75, 3.05) is 0 Å².